The number of esters is 1. The molecule has 5 nitrogen and oxygen atoms in total. The van der Waals surface area contributed by atoms with Gasteiger partial charge in [0.05, 0.1) is 19.0 Å². The van der Waals surface area contributed by atoms with Gasteiger partial charge >= 0.3 is 5.97 Å². The average Bonchev–Trinajstić information content (AvgIpc) is 2.94. The summed E-state index contributed by atoms with van der Waals surface area (Å²) in [5.41, 5.74) is 2.95. The predicted molar refractivity (Wildman–Crippen MR) is 147 cm³/mol. The molecule has 0 spiro atoms. The molecule has 0 amide bonds. The normalized spacial score (nSPS) is 23.0. The van der Waals surface area contributed by atoms with Crippen molar-refractivity contribution in [2.24, 2.45) is 5.92 Å². The van der Waals surface area contributed by atoms with Gasteiger partial charge in [0.25, 0.3) is 0 Å². The van der Waals surface area contributed by atoms with Crippen LogP contribution in [0.5, 0.6) is 0 Å². The Bertz CT molecular complexity index is 1260. The maximum atomic E-state index is 14.0. The Labute approximate surface area is 224 Å². The van der Waals surface area contributed by atoms with E-state index >= 15 is 0 Å². The van der Waals surface area contributed by atoms with Crippen molar-refractivity contribution in [1.29, 1.82) is 0 Å². The standard InChI is InChI=1S/C32H36FN2O3/c1-23-12-13-27(20-29(23)33)34-17-14-28(24-8-4-2-5-9-24)32(37)38-31-22-35(18-15-26(31)16-19-35)21-30(36)25-10-6-3-7-11-25/h2-13,20,26,28,31,34H,14-19,21-22H2,1H3/q+1/t26?,28?,31-,35?/m0/s1. The van der Waals surface area contributed by atoms with Gasteiger partial charge in [-0.05, 0) is 36.6 Å². The second-order valence-electron chi connectivity index (χ2n) is 10.9. The fraction of sp³-hybridized carbons (Fsp3) is 0.375. The number of carbonyl (C=O) groups is 2. The third-order valence-electron chi connectivity index (χ3n) is 8.30. The molecule has 198 valence electrons. The smallest absolute Gasteiger partial charge is 0.313 e. The zero-order chi connectivity index (χ0) is 26.5. The third kappa shape index (κ3) is 5.97. The Kier molecular flexibility index (Phi) is 7.89. The second kappa shape index (κ2) is 11.5. The van der Waals surface area contributed by atoms with Crippen LogP contribution in [0.4, 0.5) is 10.1 Å². The van der Waals surface area contributed by atoms with Crippen LogP contribution in [0.15, 0.2) is 78.9 Å². The SMILES string of the molecule is Cc1ccc(NCCC(C(=O)O[C@H]2C[N+]3(CC(=O)c4ccccc4)CCC2CC3)c2ccccc2)cc1F. The molecule has 3 heterocycles. The molecule has 6 rings (SSSR count). The number of ketones is 1. The van der Waals surface area contributed by atoms with E-state index in [-0.39, 0.29) is 23.7 Å². The van der Waals surface area contributed by atoms with Gasteiger partial charge in [-0.1, -0.05) is 66.7 Å². The number of aryl methyl sites for hydroxylation is 1. The topological polar surface area (TPSA) is 55.4 Å². The summed E-state index contributed by atoms with van der Waals surface area (Å²) < 4.78 is 20.9. The molecule has 0 aliphatic carbocycles. The molecular weight excluding hydrogens is 479 g/mol. The molecule has 0 radical (unpaired) electrons. The molecule has 3 saturated heterocycles. The summed E-state index contributed by atoms with van der Waals surface area (Å²) in [6.07, 6.45) is 2.29. The number of halogens is 1. The van der Waals surface area contributed by atoms with Crippen LogP contribution in [0.25, 0.3) is 0 Å². The minimum absolute atomic E-state index is 0.150. The van der Waals surface area contributed by atoms with Crippen LogP contribution in [0.3, 0.4) is 0 Å². The number of anilines is 1. The molecule has 0 aromatic heterocycles. The Hall–Kier alpha value is -3.51. The number of hydrogen-bond donors (Lipinski definition) is 1. The molecule has 3 aliphatic rings. The number of hydrogen-bond acceptors (Lipinski definition) is 4. The van der Waals surface area contributed by atoms with Gasteiger partial charge < -0.3 is 14.5 Å². The summed E-state index contributed by atoms with van der Waals surface area (Å²) in [5, 5.41) is 3.25. The summed E-state index contributed by atoms with van der Waals surface area (Å²) >= 11 is 0. The third-order valence-corrected chi connectivity index (χ3v) is 8.30. The molecule has 1 unspecified atom stereocenters. The first kappa shape index (κ1) is 26.1. The summed E-state index contributed by atoms with van der Waals surface area (Å²) in [6.45, 7) is 5.30. The van der Waals surface area contributed by atoms with Gasteiger partial charge in [-0.2, -0.15) is 0 Å². The summed E-state index contributed by atoms with van der Waals surface area (Å²) in [4.78, 5) is 26.6. The Balaban J connectivity index is 1.25. The van der Waals surface area contributed by atoms with Crippen molar-refractivity contribution in [2.75, 3.05) is 38.0 Å². The highest BCUT2D eigenvalue weighted by Gasteiger charge is 2.49. The van der Waals surface area contributed by atoms with E-state index in [1.165, 1.54) is 6.07 Å². The number of benzene rings is 3. The minimum atomic E-state index is -0.422. The van der Waals surface area contributed by atoms with Crippen molar-refractivity contribution in [3.63, 3.8) is 0 Å². The highest BCUT2D eigenvalue weighted by molar-refractivity contribution is 5.97. The predicted octanol–water partition coefficient (Wildman–Crippen LogP) is 5.76. The molecule has 3 aromatic carbocycles. The number of fused-ring (bicyclic) bond motifs is 3. The molecule has 0 saturated carbocycles. The fourth-order valence-corrected chi connectivity index (χ4v) is 6.00. The number of Topliss-reactive ketones (excluding diaryl/α,β-unsaturated/α-hetero) is 1. The van der Waals surface area contributed by atoms with E-state index < -0.39 is 5.92 Å². The van der Waals surface area contributed by atoms with Gasteiger partial charge in [0.2, 0.25) is 5.78 Å². The Morgan fingerprint density at radius 2 is 1.68 bits per heavy atom. The monoisotopic (exact) mass is 515 g/mol. The largest absolute Gasteiger partial charge is 0.456 e. The van der Waals surface area contributed by atoms with Gasteiger partial charge in [0.15, 0.2) is 6.10 Å². The number of carbonyl (C=O) groups excluding carboxylic acids is 2. The van der Waals surface area contributed by atoms with Gasteiger partial charge in [-0.3, -0.25) is 9.59 Å². The summed E-state index contributed by atoms with van der Waals surface area (Å²) in [5.74, 6) is -0.403. The summed E-state index contributed by atoms with van der Waals surface area (Å²) in [7, 11) is 0. The van der Waals surface area contributed by atoms with Gasteiger partial charge in [-0.25, -0.2) is 4.39 Å². The van der Waals surface area contributed by atoms with Crippen molar-refractivity contribution in [1.82, 2.24) is 0 Å². The van der Waals surface area contributed by atoms with E-state index in [1.807, 2.05) is 66.7 Å². The first-order chi connectivity index (χ1) is 18.4. The Morgan fingerprint density at radius 3 is 2.37 bits per heavy atom. The van der Waals surface area contributed by atoms with Crippen LogP contribution in [0, 0.1) is 18.7 Å². The highest BCUT2D eigenvalue weighted by Crippen LogP contribution is 2.37. The average molecular weight is 516 g/mol. The number of rotatable bonds is 10. The van der Waals surface area contributed by atoms with E-state index in [4.69, 9.17) is 4.74 Å². The van der Waals surface area contributed by atoms with Crippen LogP contribution < -0.4 is 5.32 Å². The summed E-state index contributed by atoms with van der Waals surface area (Å²) in [6, 6.07) is 24.3. The van der Waals surface area contributed by atoms with Gasteiger partial charge in [-0.15, -0.1) is 0 Å². The van der Waals surface area contributed by atoms with E-state index in [2.05, 4.69) is 5.32 Å². The lowest BCUT2D eigenvalue weighted by atomic mass is 9.82. The van der Waals surface area contributed by atoms with E-state index in [0.717, 1.165) is 37.1 Å². The maximum Gasteiger partial charge on any atom is 0.313 e. The molecule has 2 atom stereocenters. The molecule has 3 fully saturated rings. The fourth-order valence-electron chi connectivity index (χ4n) is 6.00. The van der Waals surface area contributed by atoms with Crippen molar-refractivity contribution in [3.8, 4) is 0 Å². The molecule has 3 aromatic rings. The lowest BCUT2D eigenvalue weighted by Gasteiger charge is -2.51. The van der Waals surface area contributed by atoms with Crippen LogP contribution >= 0.6 is 0 Å². The number of piperidine rings is 3. The number of quaternary nitrogens is 1. The molecule has 38 heavy (non-hydrogen) atoms. The molecule has 6 heteroatoms. The van der Waals surface area contributed by atoms with Crippen molar-refractivity contribution in [2.45, 2.75) is 38.2 Å². The van der Waals surface area contributed by atoms with E-state index in [0.29, 0.717) is 47.7 Å². The van der Waals surface area contributed by atoms with Crippen molar-refractivity contribution >= 4 is 17.4 Å². The van der Waals surface area contributed by atoms with Crippen molar-refractivity contribution < 1.29 is 23.2 Å². The van der Waals surface area contributed by atoms with Crippen LogP contribution in [-0.2, 0) is 9.53 Å². The lowest BCUT2D eigenvalue weighted by molar-refractivity contribution is -0.938. The van der Waals surface area contributed by atoms with Crippen LogP contribution in [0.1, 0.15) is 46.7 Å². The highest BCUT2D eigenvalue weighted by atomic mass is 19.1. The zero-order valence-corrected chi connectivity index (χ0v) is 21.9. The van der Waals surface area contributed by atoms with E-state index in [9.17, 15) is 14.0 Å². The molecule has 2 bridgehead atoms. The minimum Gasteiger partial charge on any atom is -0.456 e. The first-order valence-corrected chi connectivity index (χ1v) is 13.6. The quantitative estimate of drug-likeness (QED) is 0.212. The van der Waals surface area contributed by atoms with Crippen LogP contribution in [-0.4, -0.2) is 55.1 Å². The number of ether oxygens (including phenoxy) is 1. The van der Waals surface area contributed by atoms with Gasteiger partial charge in [0.1, 0.15) is 18.9 Å². The zero-order valence-electron chi connectivity index (χ0n) is 21.9. The molecular formula is C32H36FN2O3+. The van der Waals surface area contributed by atoms with Crippen LogP contribution in [0.2, 0.25) is 0 Å². The molecule has 1 N–H and O–H groups in total. The maximum absolute atomic E-state index is 14.0. The Morgan fingerprint density at radius 1 is 1.00 bits per heavy atom. The van der Waals surface area contributed by atoms with E-state index in [1.54, 1.807) is 13.0 Å². The molecule has 3 aliphatic heterocycles. The number of nitrogens with one attached hydrogen (secondary N) is 1. The lowest BCUT2D eigenvalue weighted by Crippen LogP contribution is -2.65. The second-order valence-corrected chi connectivity index (χ2v) is 10.9. The first-order valence-electron chi connectivity index (χ1n) is 13.6. The van der Waals surface area contributed by atoms with Gasteiger partial charge in [0, 0.05) is 36.6 Å². The number of nitrogens with zero attached hydrogens (tertiary/aromatic N) is 1. The van der Waals surface area contributed by atoms with Crippen molar-refractivity contribution in [3.05, 3.63) is 101 Å².